The van der Waals surface area contributed by atoms with Gasteiger partial charge in [-0.1, -0.05) is 6.07 Å². The number of halogens is 3. The molecule has 1 aliphatic rings. The van der Waals surface area contributed by atoms with Crippen LogP contribution in [0.2, 0.25) is 0 Å². The summed E-state index contributed by atoms with van der Waals surface area (Å²) in [6.45, 7) is 0.293. The maximum atomic E-state index is 11.9. The molecule has 2 rings (SSSR count). The zero-order chi connectivity index (χ0) is 13.9. The number of hydrogen-bond acceptors (Lipinski definition) is 4. The number of benzene rings is 1. The van der Waals surface area contributed by atoms with Crippen LogP contribution in [0.5, 0.6) is 11.5 Å². The lowest BCUT2D eigenvalue weighted by Crippen LogP contribution is -2.25. The van der Waals surface area contributed by atoms with Gasteiger partial charge in [-0.05, 0) is 29.5 Å². The summed E-state index contributed by atoms with van der Waals surface area (Å²) >= 11 is -0.360. The molecule has 1 N–H and O–H groups in total. The van der Waals surface area contributed by atoms with Gasteiger partial charge in [0.15, 0.2) is 11.5 Å². The van der Waals surface area contributed by atoms with Crippen molar-refractivity contribution in [2.24, 2.45) is 0 Å². The van der Waals surface area contributed by atoms with E-state index >= 15 is 0 Å². The first kappa shape index (κ1) is 13.9. The molecule has 0 aromatic heterocycles. The van der Waals surface area contributed by atoms with Crippen LogP contribution in [0.3, 0.4) is 0 Å². The third-order valence-corrected chi connectivity index (χ3v) is 3.03. The molecule has 1 aliphatic heterocycles. The van der Waals surface area contributed by atoms with Crippen LogP contribution in [0.25, 0.3) is 0 Å². The lowest BCUT2D eigenvalue weighted by molar-refractivity contribution is -0.119. The Bertz CT molecular complexity index is 479. The second-order valence-electron chi connectivity index (χ2n) is 3.70. The molecule has 0 radical (unpaired) electrons. The van der Waals surface area contributed by atoms with Gasteiger partial charge >= 0.3 is 5.51 Å². The lowest BCUT2D eigenvalue weighted by Gasteiger charge is -2.07. The Morgan fingerprint density at radius 1 is 1.32 bits per heavy atom. The molecule has 1 aromatic carbocycles. The number of carbonyl (C=O) groups excluding carboxylic acids is 1. The van der Waals surface area contributed by atoms with E-state index in [2.05, 4.69) is 5.32 Å². The van der Waals surface area contributed by atoms with Gasteiger partial charge in [-0.25, -0.2) is 0 Å². The fraction of sp³-hybridized carbons (Fsp3) is 0.364. The summed E-state index contributed by atoms with van der Waals surface area (Å²) in [5.41, 5.74) is -3.66. The van der Waals surface area contributed by atoms with Gasteiger partial charge in [0.2, 0.25) is 12.7 Å². The van der Waals surface area contributed by atoms with Gasteiger partial charge in [-0.2, -0.15) is 13.2 Å². The number of amides is 1. The van der Waals surface area contributed by atoms with Crippen LogP contribution in [0.4, 0.5) is 13.2 Å². The topological polar surface area (TPSA) is 47.6 Å². The Kier molecular flexibility index (Phi) is 4.08. The van der Waals surface area contributed by atoms with Crippen LogP contribution in [0.15, 0.2) is 18.2 Å². The zero-order valence-corrected chi connectivity index (χ0v) is 10.4. The number of alkyl halides is 3. The van der Waals surface area contributed by atoms with E-state index in [0.717, 1.165) is 5.56 Å². The van der Waals surface area contributed by atoms with Crippen LogP contribution in [0.1, 0.15) is 5.56 Å². The van der Waals surface area contributed by atoms with E-state index in [1.807, 2.05) is 0 Å². The lowest BCUT2D eigenvalue weighted by atomic mass is 10.2. The van der Waals surface area contributed by atoms with Crippen molar-refractivity contribution in [1.29, 1.82) is 0 Å². The van der Waals surface area contributed by atoms with E-state index in [0.29, 0.717) is 11.5 Å². The Morgan fingerprint density at radius 3 is 2.79 bits per heavy atom. The summed E-state index contributed by atoms with van der Waals surface area (Å²) in [4.78, 5) is 11.2. The van der Waals surface area contributed by atoms with E-state index in [-0.39, 0.29) is 25.1 Å². The zero-order valence-electron chi connectivity index (χ0n) is 9.62. The molecule has 0 fully saturated rings. The van der Waals surface area contributed by atoms with Crippen molar-refractivity contribution < 1.29 is 27.4 Å². The Morgan fingerprint density at radius 2 is 2.05 bits per heavy atom. The Labute approximate surface area is 111 Å². The highest BCUT2D eigenvalue weighted by atomic mass is 32.2. The van der Waals surface area contributed by atoms with Crippen LogP contribution in [-0.4, -0.2) is 24.0 Å². The van der Waals surface area contributed by atoms with Crippen LogP contribution in [-0.2, 0) is 11.3 Å². The number of rotatable bonds is 4. The van der Waals surface area contributed by atoms with Crippen molar-refractivity contribution in [2.75, 3.05) is 12.5 Å². The van der Waals surface area contributed by atoms with Gasteiger partial charge in [0.1, 0.15) is 0 Å². The molecule has 0 aliphatic carbocycles. The summed E-state index contributed by atoms with van der Waals surface area (Å²) in [6.07, 6.45) is 0. The quantitative estimate of drug-likeness (QED) is 0.925. The number of fused-ring (bicyclic) bond motifs is 1. The monoisotopic (exact) mass is 293 g/mol. The van der Waals surface area contributed by atoms with E-state index in [9.17, 15) is 18.0 Å². The van der Waals surface area contributed by atoms with E-state index < -0.39 is 17.2 Å². The summed E-state index contributed by atoms with van der Waals surface area (Å²) in [6, 6.07) is 5.08. The number of hydrogen-bond donors (Lipinski definition) is 1. The van der Waals surface area contributed by atoms with Gasteiger partial charge < -0.3 is 14.8 Å². The van der Waals surface area contributed by atoms with Crippen molar-refractivity contribution in [3.05, 3.63) is 23.8 Å². The third-order valence-electron chi connectivity index (χ3n) is 2.29. The average molecular weight is 293 g/mol. The van der Waals surface area contributed by atoms with Gasteiger partial charge in [0, 0.05) is 6.54 Å². The second kappa shape index (κ2) is 5.60. The molecule has 0 saturated heterocycles. The van der Waals surface area contributed by atoms with Crippen LogP contribution >= 0.6 is 11.8 Å². The highest BCUT2D eigenvalue weighted by molar-refractivity contribution is 8.00. The summed E-state index contributed by atoms with van der Waals surface area (Å²) < 4.78 is 45.9. The molecule has 0 bridgehead atoms. The van der Waals surface area contributed by atoms with Gasteiger partial charge in [0.05, 0.1) is 5.75 Å². The fourth-order valence-corrected chi connectivity index (χ4v) is 1.85. The number of ether oxygens (including phenoxy) is 2. The van der Waals surface area contributed by atoms with Crippen molar-refractivity contribution in [3.8, 4) is 11.5 Å². The first-order valence-electron chi connectivity index (χ1n) is 5.30. The minimum absolute atomic E-state index is 0.146. The van der Waals surface area contributed by atoms with Gasteiger partial charge in [-0.15, -0.1) is 0 Å². The van der Waals surface area contributed by atoms with Crippen LogP contribution < -0.4 is 14.8 Å². The summed E-state index contributed by atoms with van der Waals surface area (Å²) in [5.74, 6) is -0.132. The number of nitrogens with one attached hydrogen (secondary N) is 1. The molecule has 1 aromatic rings. The Balaban J connectivity index is 1.81. The van der Waals surface area contributed by atoms with Crippen molar-refractivity contribution in [2.45, 2.75) is 12.1 Å². The van der Waals surface area contributed by atoms with E-state index in [4.69, 9.17) is 9.47 Å². The third kappa shape index (κ3) is 4.23. The standard InChI is InChI=1S/C11H10F3NO3S/c12-11(13,14)19-5-10(16)15-4-7-1-2-8-9(3-7)18-6-17-8/h1-3H,4-6H2,(H,15,16). The van der Waals surface area contributed by atoms with Crippen molar-refractivity contribution in [1.82, 2.24) is 5.32 Å². The highest BCUT2D eigenvalue weighted by Gasteiger charge is 2.29. The molecule has 4 nitrogen and oxygen atoms in total. The van der Waals surface area contributed by atoms with Crippen LogP contribution in [0, 0.1) is 0 Å². The van der Waals surface area contributed by atoms with Gasteiger partial charge in [0.25, 0.3) is 0 Å². The molecule has 0 saturated carbocycles. The molecular weight excluding hydrogens is 283 g/mol. The minimum atomic E-state index is -4.39. The molecule has 8 heteroatoms. The molecule has 0 atom stereocenters. The van der Waals surface area contributed by atoms with Crippen molar-refractivity contribution >= 4 is 17.7 Å². The largest absolute Gasteiger partial charge is 0.454 e. The summed E-state index contributed by atoms with van der Waals surface area (Å²) in [5, 5.41) is 2.41. The normalized spacial score (nSPS) is 13.4. The summed E-state index contributed by atoms with van der Waals surface area (Å²) in [7, 11) is 0. The SMILES string of the molecule is O=C(CSC(F)(F)F)NCc1ccc2c(c1)OCO2. The fourth-order valence-electron chi connectivity index (χ4n) is 1.45. The molecule has 1 amide bonds. The first-order chi connectivity index (χ1) is 8.94. The number of carbonyl (C=O) groups is 1. The average Bonchev–Trinajstić information content (AvgIpc) is 2.80. The maximum absolute atomic E-state index is 11.9. The molecule has 0 unspecified atom stereocenters. The number of thioether (sulfide) groups is 1. The van der Waals surface area contributed by atoms with Gasteiger partial charge in [-0.3, -0.25) is 4.79 Å². The molecule has 1 heterocycles. The predicted octanol–water partition coefficient (Wildman–Crippen LogP) is 2.28. The second-order valence-corrected chi connectivity index (χ2v) is 4.74. The maximum Gasteiger partial charge on any atom is 0.442 e. The van der Waals surface area contributed by atoms with Crippen molar-refractivity contribution in [3.63, 3.8) is 0 Å². The molecule has 104 valence electrons. The smallest absolute Gasteiger partial charge is 0.442 e. The predicted molar refractivity (Wildman–Crippen MR) is 62.9 cm³/mol. The minimum Gasteiger partial charge on any atom is -0.454 e. The highest BCUT2D eigenvalue weighted by Crippen LogP contribution is 2.32. The molecular formula is C11H10F3NO3S. The Hall–Kier alpha value is -1.57. The van der Waals surface area contributed by atoms with E-state index in [1.165, 1.54) is 0 Å². The first-order valence-corrected chi connectivity index (χ1v) is 6.28. The molecule has 19 heavy (non-hydrogen) atoms. The van der Waals surface area contributed by atoms with E-state index in [1.54, 1.807) is 18.2 Å². The molecule has 0 spiro atoms.